The second kappa shape index (κ2) is 5.59. The molecule has 2 amide bonds. The zero-order chi connectivity index (χ0) is 13.0. The molecule has 0 aliphatic carbocycles. The van der Waals surface area contributed by atoms with E-state index in [9.17, 15) is 9.59 Å². The van der Waals surface area contributed by atoms with E-state index in [1.807, 2.05) is 19.1 Å². The van der Waals surface area contributed by atoms with Gasteiger partial charge >= 0.3 is 0 Å². The van der Waals surface area contributed by atoms with Gasteiger partial charge in [0.1, 0.15) is 13.2 Å². The van der Waals surface area contributed by atoms with Crippen LogP contribution >= 0.6 is 0 Å². The molecule has 2 rings (SSSR count). The van der Waals surface area contributed by atoms with Crippen LogP contribution in [-0.2, 0) is 20.9 Å². The number of nitrogens with one attached hydrogen (secondary N) is 1. The molecule has 0 saturated carbocycles. The van der Waals surface area contributed by atoms with Crippen molar-refractivity contribution in [3.05, 3.63) is 24.0 Å². The van der Waals surface area contributed by atoms with E-state index in [4.69, 9.17) is 4.74 Å². The van der Waals surface area contributed by atoms with Crippen molar-refractivity contribution in [3.63, 3.8) is 0 Å². The fourth-order valence-electron chi connectivity index (χ4n) is 1.74. The molecule has 0 spiro atoms. The first-order valence-corrected chi connectivity index (χ1v) is 5.80. The van der Waals surface area contributed by atoms with Crippen molar-refractivity contribution in [1.29, 1.82) is 0 Å². The van der Waals surface area contributed by atoms with Crippen LogP contribution in [0.3, 0.4) is 0 Å². The molecule has 1 aliphatic rings. The Labute approximate surface area is 105 Å². The lowest BCUT2D eigenvalue weighted by Crippen LogP contribution is -2.45. The molecule has 1 saturated heterocycles. The lowest BCUT2D eigenvalue weighted by molar-refractivity contribution is -0.159. The standard InChI is InChI=1S/C12H15N3O3/c1-2-13-9-3-4-14-10(5-9)6-15-11(16)7-18-8-12(15)17/h3-5H,2,6-8H2,1H3,(H,13,14). The molecule has 96 valence electrons. The van der Waals surface area contributed by atoms with Gasteiger partial charge in [0.05, 0.1) is 12.2 Å². The average molecular weight is 249 g/mol. The minimum atomic E-state index is -0.318. The Balaban J connectivity index is 2.10. The number of anilines is 1. The first-order chi connectivity index (χ1) is 8.70. The minimum absolute atomic E-state index is 0.0430. The Hall–Kier alpha value is -1.95. The third-order valence-electron chi connectivity index (χ3n) is 2.57. The highest BCUT2D eigenvalue weighted by Gasteiger charge is 2.26. The van der Waals surface area contributed by atoms with Crippen LogP contribution in [0.4, 0.5) is 5.69 Å². The average Bonchev–Trinajstić information content (AvgIpc) is 2.35. The lowest BCUT2D eigenvalue weighted by atomic mass is 10.2. The summed E-state index contributed by atoms with van der Waals surface area (Å²) in [7, 11) is 0. The second-order valence-corrected chi connectivity index (χ2v) is 3.93. The van der Waals surface area contributed by atoms with Crippen LogP contribution < -0.4 is 5.32 Å². The number of pyridine rings is 1. The molecule has 1 fully saturated rings. The van der Waals surface area contributed by atoms with E-state index in [1.165, 1.54) is 4.90 Å². The van der Waals surface area contributed by atoms with Gasteiger partial charge in [-0.25, -0.2) is 0 Å². The summed E-state index contributed by atoms with van der Waals surface area (Å²) in [6.07, 6.45) is 1.66. The molecule has 0 bridgehead atoms. The molecule has 1 N–H and O–H groups in total. The number of ether oxygens (including phenoxy) is 1. The zero-order valence-electron chi connectivity index (χ0n) is 10.2. The van der Waals surface area contributed by atoms with E-state index < -0.39 is 0 Å². The topological polar surface area (TPSA) is 71.5 Å². The van der Waals surface area contributed by atoms with Crippen LogP contribution in [0.5, 0.6) is 0 Å². The highest BCUT2D eigenvalue weighted by molar-refractivity contribution is 5.98. The predicted molar refractivity (Wildman–Crippen MR) is 64.8 cm³/mol. The maximum atomic E-state index is 11.6. The normalized spacial score (nSPS) is 15.9. The van der Waals surface area contributed by atoms with Gasteiger partial charge < -0.3 is 10.1 Å². The van der Waals surface area contributed by atoms with Gasteiger partial charge in [0, 0.05) is 18.4 Å². The monoisotopic (exact) mass is 249 g/mol. The summed E-state index contributed by atoms with van der Waals surface area (Å²) < 4.78 is 4.85. The summed E-state index contributed by atoms with van der Waals surface area (Å²) in [6, 6.07) is 3.68. The molecule has 0 atom stereocenters. The Kier molecular flexibility index (Phi) is 3.88. The third kappa shape index (κ3) is 2.84. The quantitative estimate of drug-likeness (QED) is 0.782. The Morgan fingerprint density at radius 1 is 1.39 bits per heavy atom. The minimum Gasteiger partial charge on any atom is -0.385 e. The fraction of sp³-hybridized carbons (Fsp3) is 0.417. The van der Waals surface area contributed by atoms with Crippen LogP contribution in [0.25, 0.3) is 0 Å². The fourth-order valence-corrected chi connectivity index (χ4v) is 1.74. The van der Waals surface area contributed by atoms with Crippen molar-refractivity contribution in [3.8, 4) is 0 Å². The Morgan fingerprint density at radius 2 is 2.11 bits per heavy atom. The molecular weight excluding hydrogens is 234 g/mol. The molecular formula is C12H15N3O3. The molecule has 0 unspecified atom stereocenters. The lowest BCUT2D eigenvalue weighted by Gasteiger charge is -2.24. The van der Waals surface area contributed by atoms with Crippen molar-refractivity contribution in [2.75, 3.05) is 25.1 Å². The van der Waals surface area contributed by atoms with E-state index >= 15 is 0 Å². The van der Waals surface area contributed by atoms with E-state index in [0.717, 1.165) is 12.2 Å². The van der Waals surface area contributed by atoms with E-state index in [-0.39, 0.29) is 31.6 Å². The number of hydrogen-bond donors (Lipinski definition) is 1. The van der Waals surface area contributed by atoms with Crippen LogP contribution in [0.2, 0.25) is 0 Å². The van der Waals surface area contributed by atoms with Crippen LogP contribution in [0.1, 0.15) is 12.6 Å². The van der Waals surface area contributed by atoms with Crippen molar-refractivity contribution in [2.45, 2.75) is 13.5 Å². The van der Waals surface area contributed by atoms with Gasteiger partial charge in [-0.1, -0.05) is 0 Å². The van der Waals surface area contributed by atoms with Crippen LogP contribution in [0, 0.1) is 0 Å². The first-order valence-electron chi connectivity index (χ1n) is 5.80. The SMILES string of the molecule is CCNc1ccnc(CN2C(=O)COCC2=O)c1. The molecule has 18 heavy (non-hydrogen) atoms. The van der Waals surface area contributed by atoms with Gasteiger partial charge in [-0.3, -0.25) is 19.5 Å². The van der Waals surface area contributed by atoms with Crippen LogP contribution in [-0.4, -0.2) is 41.5 Å². The van der Waals surface area contributed by atoms with Gasteiger partial charge in [0.15, 0.2) is 0 Å². The van der Waals surface area contributed by atoms with E-state index in [1.54, 1.807) is 6.20 Å². The molecule has 6 nitrogen and oxygen atoms in total. The molecule has 1 aromatic heterocycles. The summed E-state index contributed by atoms with van der Waals surface area (Å²) >= 11 is 0. The first kappa shape index (κ1) is 12.5. The van der Waals surface area contributed by atoms with E-state index in [0.29, 0.717) is 5.69 Å². The zero-order valence-corrected chi connectivity index (χ0v) is 10.2. The van der Waals surface area contributed by atoms with Crippen molar-refractivity contribution >= 4 is 17.5 Å². The molecule has 1 aliphatic heterocycles. The largest absolute Gasteiger partial charge is 0.385 e. The maximum absolute atomic E-state index is 11.6. The Bertz CT molecular complexity index is 446. The van der Waals surface area contributed by atoms with Gasteiger partial charge in [-0.05, 0) is 19.1 Å². The van der Waals surface area contributed by atoms with Gasteiger partial charge in [-0.15, -0.1) is 0 Å². The van der Waals surface area contributed by atoms with E-state index in [2.05, 4.69) is 10.3 Å². The summed E-state index contributed by atoms with van der Waals surface area (Å²) in [6.45, 7) is 2.91. The number of morpholine rings is 1. The van der Waals surface area contributed by atoms with Crippen LogP contribution in [0.15, 0.2) is 18.3 Å². The number of hydrogen-bond acceptors (Lipinski definition) is 5. The van der Waals surface area contributed by atoms with Gasteiger partial charge in [0.25, 0.3) is 11.8 Å². The van der Waals surface area contributed by atoms with Crippen molar-refractivity contribution in [1.82, 2.24) is 9.88 Å². The molecule has 2 heterocycles. The number of amides is 2. The summed E-state index contributed by atoms with van der Waals surface area (Å²) in [4.78, 5) is 28.5. The summed E-state index contributed by atoms with van der Waals surface area (Å²) in [5.74, 6) is -0.635. The molecule has 0 aromatic carbocycles. The number of rotatable bonds is 4. The molecule has 0 radical (unpaired) electrons. The molecule has 6 heteroatoms. The number of carbonyl (C=O) groups is 2. The third-order valence-corrected chi connectivity index (χ3v) is 2.57. The molecule has 1 aromatic rings. The highest BCUT2D eigenvalue weighted by Crippen LogP contribution is 2.11. The number of nitrogens with zero attached hydrogens (tertiary/aromatic N) is 2. The maximum Gasteiger partial charge on any atom is 0.255 e. The Morgan fingerprint density at radius 3 is 2.78 bits per heavy atom. The summed E-state index contributed by atoms with van der Waals surface area (Å²) in [5, 5.41) is 3.15. The van der Waals surface area contributed by atoms with Crippen molar-refractivity contribution < 1.29 is 14.3 Å². The highest BCUT2D eigenvalue weighted by atomic mass is 16.5. The number of carbonyl (C=O) groups excluding carboxylic acids is 2. The number of aromatic nitrogens is 1. The number of imide groups is 1. The summed E-state index contributed by atoms with van der Waals surface area (Å²) in [5.41, 5.74) is 1.60. The smallest absolute Gasteiger partial charge is 0.255 e. The predicted octanol–water partition coefficient (Wildman–Crippen LogP) is 0.399. The second-order valence-electron chi connectivity index (χ2n) is 3.93. The van der Waals surface area contributed by atoms with Gasteiger partial charge in [-0.2, -0.15) is 0 Å². The van der Waals surface area contributed by atoms with Crippen molar-refractivity contribution in [2.24, 2.45) is 0 Å². The van der Waals surface area contributed by atoms with Gasteiger partial charge in [0.2, 0.25) is 0 Å².